The second-order valence-corrected chi connectivity index (χ2v) is 26.2. The van der Waals surface area contributed by atoms with Gasteiger partial charge in [0.25, 0.3) is 0 Å². The van der Waals surface area contributed by atoms with E-state index in [1.807, 2.05) is 5.38 Å². The fourth-order valence-corrected chi connectivity index (χ4v) is 10.9. The first kappa shape index (κ1) is 27.7. The number of aldehydes is 1. The number of aromatic nitrogens is 3. The third-order valence-corrected chi connectivity index (χ3v) is 13.7. The quantitative estimate of drug-likeness (QED) is 0.259. The van der Waals surface area contributed by atoms with Gasteiger partial charge in [-0.25, -0.2) is 9.97 Å². The van der Waals surface area contributed by atoms with Crippen LogP contribution in [0.4, 0.5) is 0 Å². The van der Waals surface area contributed by atoms with E-state index in [2.05, 4.69) is 67.0 Å². The maximum absolute atomic E-state index is 9.95. The van der Waals surface area contributed by atoms with Crippen molar-refractivity contribution in [2.75, 3.05) is 26.4 Å². The average molecular weight is 748 g/mol. The minimum absolute atomic E-state index is 0.192. The molecule has 0 N–H and O–H groups in total. The predicted octanol–water partition coefficient (Wildman–Crippen LogP) is 5.40. The van der Waals surface area contributed by atoms with Gasteiger partial charge in [0.05, 0.1) is 13.2 Å². The molecule has 3 aromatic heterocycles. The van der Waals surface area contributed by atoms with E-state index in [-0.39, 0.29) is 12.6 Å². The van der Waals surface area contributed by atoms with Crippen LogP contribution >= 0.6 is 65.9 Å². The van der Waals surface area contributed by atoms with Gasteiger partial charge >= 0.3 is 92.6 Å². The number of thiazole rings is 3. The van der Waals surface area contributed by atoms with Gasteiger partial charge in [-0.1, -0.05) is 0 Å². The van der Waals surface area contributed by atoms with Crippen LogP contribution in [-0.2, 0) is 18.9 Å². The minimum atomic E-state index is -1.98. The molecule has 14 heteroatoms. The molecule has 0 aromatic carbocycles. The monoisotopic (exact) mass is 747 g/mol. The summed E-state index contributed by atoms with van der Waals surface area (Å²) in [7, 11) is 0. The summed E-state index contributed by atoms with van der Waals surface area (Å²) in [6, 6.07) is 0. The van der Waals surface area contributed by atoms with Crippen molar-refractivity contribution in [3.63, 3.8) is 0 Å². The van der Waals surface area contributed by atoms with E-state index in [0.29, 0.717) is 31.4 Å². The van der Waals surface area contributed by atoms with Gasteiger partial charge in [-0.05, 0) is 31.9 Å². The summed E-state index contributed by atoms with van der Waals surface area (Å²) in [5.41, 5.74) is 0. The molecule has 2 saturated heterocycles. The summed E-state index contributed by atoms with van der Waals surface area (Å²) in [4.78, 5) is 29.6. The molecule has 0 unspecified atom stereocenters. The van der Waals surface area contributed by atoms with E-state index in [4.69, 9.17) is 18.9 Å². The van der Waals surface area contributed by atoms with Gasteiger partial charge in [-0.2, -0.15) is 0 Å². The molecule has 3 aromatic rings. The van der Waals surface area contributed by atoms with Crippen molar-refractivity contribution >= 4 is 94.2 Å². The Morgan fingerprint density at radius 2 is 1.30 bits per heavy atom. The maximum atomic E-state index is 9.95. The molecule has 180 valence electrons. The molecule has 0 bridgehead atoms. The van der Waals surface area contributed by atoms with Crippen LogP contribution in [0.25, 0.3) is 0 Å². The molecular formula is C19H23Br2N3O5S3Sn. The van der Waals surface area contributed by atoms with Crippen molar-refractivity contribution in [2.24, 2.45) is 0 Å². The normalized spacial score (nSPS) is 16.8. The average Bonchev–Trinajstić information content (AvgIpc) is 3.59. The third kappa shape index (κ3) is 8.95. The van der Waals surface area contributed by atoms with E-state index >= 15 is 0 Å². The van der Waals surface area contributed by atoms with E-state index < -0.39 is 18.4 Å². The second-order valence-electron chi connectivity index (χ2n) is 7.60. The Hall–Kier alpha value is 0.159. The van der Waals surface area contributed by atoms with Crippen molar-refractivity contribution in [1.82, 2.24) is 15.0 Å². The molecule has 5 rings (SSSR count). The second kappa shape index (κ2) is 13.5. The van der Waals surface area contributed by atoms with Crippen molar-refractivity contribution in [2.45, 2.75) is 27.4 Å². The number of hydrogen-bond acceptors (Lipinski definition) is 11. The molecule has 8 nitrogen and oxygen atoms in total. The zero-order valence-corrected chi connectivity index (χ0v) is 26.6. The molecule has 0 amide bonds. The van der Waals surface area contributed by atoms with Gasteiger partial charge in [0.1, 0.15) is 9.21 Å². The van der Waals surface area contributed by atoms with Crippen molar-refractivity contribution < 1.29 is 23.7 Å². The zero-order chi connectivity index (χ0) is 23.8. The van der Waals surface area contributed by atoms with Crippen LogP contribution in [0, 0.1) is 0 Å². The molecule has 0 atom stereocenters. The van der Waals surface area contributed by atoms with Gasteiger partial charge in [0, 0.05) is 10.8 Å². The SMILES string of the molecule is Brc1csc(C2OCCO2)n1.O=Cc1nc(Br)cs1.[CH3][Sn]([CH3])([CH3])[c]1csc(C2OCCO2)n1. The van der Waals surface area contributed by atoms with Crippen molar-refractivity contribution in [3.05, 3.63) is 40.4 Å². The Labute approximate surface area is 225 Å². The summed E-state index contributed by atoms with van der Waals surface area (Å²) in [6.07, 6.45) is 0.309. The first-order valence-corrected chi connectivity index (χ1v) is 24.1. The van der Waals surface area contributed by atoms with E-state index in [1.165, 1.54) is 26.4 Å². The van der Waals surface area contributed by atoms with Gasteiger partial charge in [0.2, 0.25) is 6.29 Å². The zero-order valence-electron chi connectivity index (χ0n) is 18.2. The molecule has 2 aliphatic rings. The van der Waals surface area contributed by atoms with Crippen molar-refractivity contribution in [1.29, 1.82) is 0 Å². The molecule has 0 aliphatic carbocycles. The summed E-state index contributed by atoms with van der Waals surface area (Å²) < 4.78 is 24.2. The number of ether oxygens (including phenoxy) is 4. The summed E-state index contributed by atoms with van der Waals surface area (Å²) in [5.74, 6) is 0. The van der Waals surface area contributed by atoms with E-state index in [0.717, 1.165) is 25.5 Å². The number of carbonyl (C=O) groups is 1. The van der Waals surface area contributed by atoms with E-state index in [9.17, 15) is 4.79 Å². The van der Waals surface area contributed by atoms with Gasteiger partial charge < -0.3 is 9.47 Å². The van der Waals surface area contributed by atoms with Crippen LogP contribution < -0.4 is 3.71 Å². The van der Waals surface area contributed by atoms with Gasteiger partial charge in [-0.3, -0.25) is 4.79 Å². The summed E-state index contributed by atoms with van der Waals surface area (Å²) >= 11 is 8.93. The molecule has 0 radical (unpaired) electrons. The number of nitrogens with zero attached hydrogens (tertiary/aromatic N) is 3. The molecule has 0 spiro atoms. The Morgan fingerprint density at radius 3 is 1.67 bits per heavy atom. The molecule has 2 aliphatic heterocycles. The molecular weight excluding hydrogens is 725 g/mol. The van der Waals surface area contributed by atoms with Crippen LogP contribution in [0.3, 0.4) is 0 Å². The summed E-state index contributed by atoms with van der Waals surface area (Å²) in [5, 5.41) is 8.25. The Balaban J connectivity index is 0.000000145. The Morgan fingerprint density at radius 1 is 0.818 bits per heavy atom. The first-order chi connectivity index (χ1) is 15.8. The Kier molecular flexibility index (Phi) is 11.3. The summed E-state index contributed by atoms with van der Waals surface area (Å²) in [6.45, 7) is 2.72. The standard InChI is InChI=1S/C6H6BrNO2S.C6H6NO2S.C4H2BrNOS.3CH3.Sn/c7-4-3-11-5(8-4)6-9-1-2-10-6;1-4-10-5(7-1)6-8-2-3-9-6;5-3-2-8-4(1-7)6-3;;;;/h3,6H,1-2H2;4,6H,2-3H2;1-2H;3*1H3;. The fraction of sp³-hybridized carbons (Fsp3) is 0.474. The molecule has 5 heterocycles. The molecule has 33 heavy (non-hydrogen) atoms. The van der Waals surface area contributed by atoms with E-state index in [1.54, 1.807) is 16.7 Å². The Bertz CT molecular complexity index is 1010. The van der Waals surface area contributed by atoms with Crippen LogP contribution in [0.1, 0.15) is 32.4 Å². The topological polar surface area (TPSA) is 92.7 Å². The third-order valence-electron chi connectivity index (χ3n) is 4.03. The number of carbonyl (C=O) groups excluding carboxylic acids is 1. The number of halogens is 2. The van der Waals surface area contributed by atoms with Crippen LogP contribution in [0.2, 0.25) is 14.8 Å². The van der Waals surface area contributed by atoms with Crippen molar-refractivity contribution in [3.8, 4) is 0 Å². The number of hydrogen-bond donors (Lipinski definition) is 0. The number of rotatable bonds is 4. The fourth-order valence-electron chi connectivity index (χ4n) is 2.44. The van der Waals surface area contributed by atoms with Crippen LogP contribution in [0.15, 0.2) is 25.3 Å². The van der Waals surface area contributed by atoms with Gasteiger partial charge in [0.15, 0.2) is 16.3 Å². The van der Waals surface area contributed by atoms with Crippen LogP contribution in [-0.4, -0.2) is 66.0 Å². The predicted molar refractivity (Wildman–Crippen MR) is 139 cm³/mol. The first-order valence-electron chi connectivity index (χ1n) is 9.85. The van der Waals surface area contributed by atoms with Gasteiger partial charge in [-0.15, -0.1) is 22.7 Å². The molecule has 0 saturated carbocycles. The molecule has 2 fully saturated rings. The van der Waals surface area contributed by atoms with Crippen LogP contribution in [0.5, 0.6) is 0 Å².